The van der Waals surface area contributed by atoms with Gasteiger partial charge in [-0.15, -0.1) is 0 Å². The van der Waals surface area contributed by atoms with Gasteiger partial charge in [0.05, 0.1) is 0 Å². The van der Waals surface area contributed by atoms with Crippen molar-refractivity contribution >= 4 is 23.4 Å². The number of benzene rings is 1. The van der Waals surface area contributed by atoms with Crippen molar-refractivity contribution in [1.29, 1.82) is 0 Å². The molecule has 12 heavy (non-hydrogen) atoms. The maximum atomic E-state index is 5.34. The zero-order valence-electron chi connectivity index (χ0n) is 6.57. The van der Waals surface area contributed by atoms with Crippen LogP contribution in [-0.2, 0) is 21.1 Å². The molecule has 3 radical (unpaired) electrons. The molecule has 1 aliphatic heterocycles. The van der Waals surface area contributed by atoms with Crippen molar-refractivity contribution in [3.63, 3.8) is 0 Å². The molecule has 1 nitrogen and oxygen atoms in total. The van der Waals surface area contributed by atoms with E-state index in [9.17, 15) is 0 Å². The summed E-state index contributed by atoms with van der Waals surface area (Å²) < 4.78 is 5.34. The molecule has 0 aromatic heterocycles. The summed E-state index contributed by atoms with van der Waals surface area (Å²) in [6, 6.07) is 8.03. The molecule has 0 aliphatic carbocycles. The van der Waals surface area contributed by atoms with Gasteiger partial charge in [0.1, 0.15) is 12.4 Å². The van der Waals surface area contributed by atoms with E-state index < -0.39 is 0 Å². The molecule has 0 atom stereocenters. The molecule has 1 aromatic rings. The number of ether oxygens (including phenoxy) is 1. The fraction of sp³-hybridized carbons (Fsp3) is 0.111. The molecule has 0 amide bonds. The molecule has 1 heterocycles. The topological polar surface area (TPSA) is 9.23 Å². The molecule has 59 valence electrons. The second kappa shape index (κ2) is 5.60. The molecule has 0 spiro atoms. The van der Waals surface area contributed by atoms with Gasteiger partial charge in [-0.25, -0.2) is 0 Å². The third-order valence-electron chi connectivity index (χ3n) is 1.55. The van der Waals surface area contributed by atoms with Crippen molar-refractivity contribution in [2.75, 3.05) is 6.61 Å². The van der Waals surface area contributed by atoms with Crippen LogP contribution in [0.1, 0.15) is 5.56 Å². The van der Waals surface area contributed by atoms with E-state index in [1.807, 2.05) is 30.3 Å². The molecule has 3 heteroatoms. The molecular formula is C9H8AlMoO. The van der Waals surface area contributed by atoms with Crippen LogP contribution < -0.4 is 4.74 Å². The third kappa shape index (κ3) is 2.49. The SMILES string of the molecule is C1=Cc2ccccc2OC1.[Al].[Mo]. The monoisotopic (exact) mass is 257 g/mol. The van der Waals surface area contributed by atoms with Crippen LogP contribution in [0.3, 0.4) is 0 Å². The number of hydrogen-bond acceptors (Lipinski definition) is 1. The van der Waals surface area contributed by atoms with Crippen LogP contribution in [0.4, 0.5) is 0 Å². The average molecular weight is 255 g/mol. The zero-order valence-corrected chi connectivity index (χ0v) is 9.73. The van der Waals surface area contributed by atoms with Crippen LogP contribution in [0, 0.1) is 0 Å². The van der Waals surface area contributed by atoms with Gasteiger partial charge in [-0.1, -0.05) is 24.3 Å². The molecule has 0 N–H and O–H groups in total. The Morgan fingerprint density at radius 3 is 2.67 bits per heavy atom. The van der Waals surface area contributed by atoms with E-state index in [4.69, 9.17) is 4.74 Å². The van der Waals surface area contributed by atoms with Gasteiger partial charge in [-0.2, -0.15) is 0 Å². The van der Waals surface area contributed by atoms with E-state index in [0.717, 1.165) is 5.75 Å². The van der Waals surface area contributed by atoms with Crippen LogP contribution in [0.15, 0.2) is 30.3 Å². The first-order valence-electron chi connectivity index (χ1n) is 3.35. The van der Waals surface area contributed by atoms with E-state index in [2.05, 4.69) is 6.08 Å². The third-order valence-corrected chi connectivity index (χ3v) is 1.55. The second-order valence-corrected chi connectivity index (χ2v) is 2.25. The zero-order chi connectivity index (χ0) is 6.81. The summed E-state index contributed by atoms with van der Waals surface area (Å²) in [7, 11) is 0. The summed E-state index contributed by atoms with van der Waals surface area (Å²) in [6.07, 6.45) is 4.10. The van der Waals surface area contributed by atoms with Gasteiger partial charge in [0.25, 0.3) is 0 Å². The van der Waals surface area contributed by atoms with Crippen LogP contribution in [0.2, 0.25) is 0 Å². The predicted molar refractivity (Wildman–Crippen MR) is 46.7 cm³/mol. The van der Waals surface area contributed by atoms with Gasteiger partial charge in [0.15, 0.2) is 0 Å². The fourth-order valence-corrected chi connectivity index (χ4v) is 1.06. The quantitative estimate of drug-likeness (QED) is 0.641. The summed E-state index contributed by atoms with van der Waals surface area (Å²) in [5.74, 6) is 0.991. The van der Waals surface area contributed by atoms with Crippen LogP contribution in [-0.4, -0.2) is 24.0 Å². The predicted octanol–water partition coefficient (Wildman–Crippen LogP) is 1.71. The van der Waals surface area contributed by atoms with Crippen molar-refractivity contribution in [1.82, 2.24) is 0 Å². The Morgan fingerprint density at radius 2 is 1.92 bits per heavy atom. The minimum Gasteiger partial charge on any atom is -0.489 e. The molecular weight excluding hydrogens is 247 g/mol. The van der Waals surface area contributed by atoms with Crippen molar-refractivity contribution in [3.8, 4) is 5.75 Å². The number of hydrogen-bond donors (Lipinski definition) is 0. The Kier molecular flexibility index (Phi) is 5.59. The Balaban J connectivity index is 0.000000605. The molecule has 0 saturated heterocycles. The smallest absolute Gasteiger partial charge is 0.126 e. The maximum Gasteiger partial charge on any atom is 0.126 e. The van der Waals surface area contributed by atoms with Gasteiger partial charge >= 0.3 is 0 Å². The van der Waals surface area contributed by atoms with Crippen LogP contribution >= 0.6 is 0 Å². The first kappa shape index (κ1) is 12.0. The normalized spacial score (nSPS) is 11.7. The molecule has 0 bridgehead atoms. The van der Waals surface area contributed by atoms with Crippen LogP contribution in [0.25, 0.3) is 6.08 Å². The van der Waals surface area contributed by atoms with E-state index in [-0.39, 0.29) is 38.4 Å². The molecule has 1 aliphatic rings. The number of rotatable bonds is 0. The van der Waals surface area contributed by atoms with E-state index in [1.54, 1.807) is 0 Å². The van der Waals surface area contributed by atoms with Crippen molar-refractivity contribution in [2.24, 2.45) is 0 Å². The summed E-state index contributed by atoms with van der Waals surface area (Å²) in [4.78, 5) is 0. The molecule has 0 unspecified atom stereocenters. The summed E-state index contributed by atoms with van der Waals surface area (Å²) in [5, 5.41) is 0. The molecule has 2 rings (SSSR count). The van der Waals surface area contributed by atoms with E-state index in [1.165, 1.54) is 5.56 Å². The van der Waals surface area contributed by atoms with Gasteiger partial charge in [-0.3, -0.25) is 0 Å². The Hall–Kier alpha value is -0.0192. The Morgan fingerprint density at radius 1 is 1.17 bits per heavy atom. The largest absolute Gasteiger partial charge is 0.489 e. The summed E-state index contributed by atoms with van der Waals surface area (Å²) in [6.45, 7) is 0.705. The standard InChI is InChI=1S/C9H8O.Al.Mo/c1-2-6-9-8(4-1)5-3-7-10-9;;/h1-6H,7H2;;. The van der Waals surface area contributed by atoms with E-state index in [0.29, 0.717) is 6.61 Å². The summed E-state index contributed by atoms with van der Waals surface area (Å²) in [5.41, 5.74) is 1.17. The van der Waals surface area contributed by atoms with Crippen molar-refractivity contribution in [3.05, 3.63) is 35.9 Å². The average Bonchev–Trinajstić information content (AvgIpc) is 2.05. The first-order valence-corrected chi connectivity index (χ1v) is 3.35. The molecule has 0 saturated carbocycles. The van der Waals surface area contributed by atoms with Gasteiger partial charge < -0.3 is 4.74 Å². The summed E-state index contributed by atoms with van der Waals surface area (Å²) >= 11 is 0. The van der Waals surface area contributed by atoms with Gasteiger partial charge in [0.2, 0.25) is 0 Å². The van der Waals surface area contributed by atoms with Crippen molar-refractivity contribution < 1.29 is 25.8 Å². The van der Waals surface area contributed by atoms with Gasteiger partial charge in [0, 0.05) is 44.0 Å². The van der Waals surface area contributed by atoms with Gasteiger partial charge in [-0.05, 0) is 12.1 Å². The fourth-order valence-electron chi connectivity index (χ4n) is 1.06. The second-order valence-electron chi connectivity index (χ2n) is 2.25. The minimum atomic E-state index is 0. The maximum absolute atomic E-state index is 5.34. The Bertz CT molecular complexity index is 273. The van der Waals surface area contributed by atoms with E-state index >= 15 is 0 Å². The van der Waals surface area contributed by atoms with Crippen LogP contribution in [0.5, 0.6) is 5.75 Å². The number of para-hydroxylation sites is 1. The number of fused-ring (bicyclic) bond motifs is 1. The molecule has 0 fully saturated rings. The molecule has 1 aromatic carbocycles. The Labute approximate surface area is 97.2 Å². The minimum absolute atomic E-state index is 0. The van der Waals surface area contributed by atoms with Crippen molar-refractivity contribution in [2.45, 2.75) is 0 Å². The first-order chi connectivity index (χ1) is 4.97.